The first-order valence-corrected chi connectivity index (χ1v) is 7.51. The highest BCUT2D eigenvalue weighted by Crippen LogP contribution is 2.14. The van der Waals surface area contributed by atoms with Crippen molar-refractivity contribution < 1.29 is 0 Å². The Morgan fingerprint density at radius 2 is 2.18 bits per heavy atom. The molecular formula is C13H23N3S. The second kappa shape index (κ2) is 8.23. The van der Waals surface area contributed by atoms with E-state index >= 15 is 0 Å². The lowest BCUT2D eigenvalue weighted by molar-refractivity contribution is 0.853. The molecule has 1 rings (SSSR count). The number of hydrogen-bond acceptors (Lipinski definition) is 4. The summed E-state index contributed by atoms with van der Waals surface area (Å²) in [5, 5.41) is 7.43. The van der Waals surface area contributed by atoms with Gasteiger partial charge in [0.05, 0.1) is 0 Å². The highest BCUT2D eigenvalue weighted by Gasteiger charge is 1.99. The predicted molar refractivity (Wildman–Crippen MR) is 79.1 cm³/mol. The van der Waals surface area contributed by atoms with E-state index in [0.717, 1.165) is 31.0 Å². The standard InChI is InChI=1S/C13H23N3S/c1-4-7-15-13-10-12(6-9-16-13)14-8-5-11(2)17-3/h6,9-11H,4-5,7-8H2,1-3H3,(H2,14,15,16). The van der Waals surface area contributed by atoms with Gasteiger partial charge in [0.1, 0.15) is 5.82 Å². The first-order chi connectivity index (χ1) is 8.26. The van der Waals surface area contributed by atoms with E-state index in [0.29, 0.717) is 5.25 Å². The molecule has 1 atom stereocenters. The summed E-state index contributed by atoms with van der Waals surface area (Å²) in [6, 6.07) is 4.08. The van der Waals surface area contributed by atoms with Crippen LogP contribution in [0.4, 0.5) is 11.5 Å². The summed E-state index contributed by atoms with van der Waals surface area (Å²) in [4.78, 5) is 4.28. The van der Waals surface area contributed by atoms with Gasteiger partial charge in [-0.15, -0.1) is 0 Å². The minimum Gasteiger partial charge on any atom is -0.385 e. The van der Waals surface area contributed by atoms with Crippen LogP contribution >= 0.6 is 11.8 Å². The molecule has 0 saturated carbocycles. The molecule has 0 amide bonds. The van der Waals surface area contributed by atoms with Crippen LogP contribution in [0.3, 0.4) is 0 Å². The number of nitrogens with zero attached hydrogens (tertiary/aromatic N) is 1. The van der Waals surface area contributed by atoms with Crippen LogP contribution in [0.5, 0.6) is 0 Å². The number of anilines is 2. The zero-order chi connectivity index (χ0) is 12.5. The second-order valence-corrected chi connectivity index (χ2v) is 5.39. The third kappa shape index (κ3) is 5.82. The molecule has 96 valence electrons. The highest BCUT2D eigenvalue weighted by atomic mass is 32.2. The van der Waals surface area contributed by atoms with Crippen molar-refractivity contribution >= 4 is 23.3 Å². The zero-order valence-corrected chi connectivity index (χ0v) is 11.8. The van der Waals surface area contributed by atoms with Crippen LogP contribution in [0.25, 0.3) is 0 Å². The molecule has 0 saturated heterocycles. The van der Waals surface area contributed by atoms with Gasteiger partial charge in [-0.05, 0) is 25.2 Å². The molecule has 0 spiro atoms. The minimum absolute atomic E-state index is 0.710. The quantitative estimate of drug-likeness (QED) is 0.744. The zero-order valence-electron chi connectivity index (χ0n) is 11.0. The van der Waals surface area contributed by atoms with E-state index in [2.05, 4.69) is 41.8 Å². The molecule has 1 unspecified atom stereocenters. The first kappa shape index (κ1) is 14.2. The fraction of sp³-hybridized carbons (Fsp3) is 0.615. The van der Waals surface area contributed by atoms with Gasteiger partial charge in [0, 0.05) is 36.3 Å². The molecule has 0 fully saturated rings. The van der Waals surface area contributed by atoms with Gasteiger partial charge in [-0.1, -0.05) is 13.8 Å². The van der Waals surface area contributed by atoms with Gasteiger partial charge in [-0.25, -0.2) is 4.98 Å². The number of rotatable bonds is 8. The van der Waals surface area contributed by atoms with Crippen LogP contribution < -0.4 is 10.6 Å². The fourth-order valence-corrected chi connectivity index (χ4v) is 1.78. The van der Waals surface area contributed by atoms with Crippen molar-refractivity contribution in [2.75, 3.05) is 30.0 Å². The highest BCUT2D eigenvalue weighted by molar-refractivity contribution is 7.99. The van der Waals surface area contributed by atoms with E-state index in [4.69, 9.17) is 0 Å². The monoisotopic (exact) mass is 253 g/mol. The van der Waals surface area contributed by atoms with Crippen molar-refractivity contribution in [2.45, 2.75) is 31.9 Å². The maximum absolute atomic E-state index is 4.28. The maximum atomic E-state index is 4.28. The van der Waals surface area contributed by atoms with Gasteiger partial charge in [-0.2, -0.15) is 11.8 Å². The Hall–Kier alpha value is -0.900. The third-order valence-electron chi connectivity index (χ3n) is 2.60. The van der Waals surface area contributed by atoms with Gasteiger partial charge in [-0.3, -0.25) is 0 Å². The van der Waals surface area contributed by atoms with Crippen molar-refractivity contribution in [1.82, 2.24) is 4.98 Å². The van der Waals surface area contributed by atoms with Crippen LogP contribution in [0.2, 0.25) is 0 Å². The van der Waals surface area contributed by atoms with Crippen LogP contribution in [0, 0.1) is 0 Å². The molecule has 3 nitrogen and oxygen atoms in total. The lowest BCUT2D eigenvalue weighted by Gasteiger charge is -2.11. The van der Waals surface area contributed by atoms with Gasteiger partial charge >= 0.3 is 0 Å². The minimum atomic E-state index is 0.710. The molecule has 2 N–H and O–H groups in total. The molecule has 1 aromatic heterocycles. The van der Waals surface area contributed by atoms with Gasteiger partial charge in [0.15, 0.2) is 0 Å². The molecule has 0 aliphatic rings. The molecule has 0 bridgehead atoms. The van der Waals surface area contributed by atoms with E-state index in [1.54, 1.807) is 0 Å². The summed E-state index contributed by atoms with van der Waals surface area (Å²) in [6.07, 6.45) is 6.30. The van der Waals surface area contributed by atoms with Crippen LogP contribution in [0.15, 0.2) is 18.3 Å². The van der Waals surface area contributed by atoms with Crippen molar-refractivity contribution in [1.29, 1.82) is 0 Å². The first-order valence-electron chi connectivity index (χ1n) is 6.22. The molecule has 0 aliphatic heterocycles. The number of nitrogens with one attached hydrogen (secondary N) is 2. The molecule has 0 aromatic carbocycles. The van der Waals surface area contributed by atoms with E-state index in [9.17, 15) is 0 Å². The number of hydrogen-bond donors (Lipinski definition) is 2. The summed E-state index contributed by atoms with van der Waals surface area (Å²) in [5.74, 6) is 0.953. The largest absolute Gasteiger partial charge is 0.385 e. The lowest BCUT2D eigenvalue weighted by Crippen LogP contribution is -2.08. The van der Waals surface area contributed by atoms with E-state index in [1.165, 1.54) is 6.42 Å². The topological polar surface area (TPSA) is 37.0 Å². The van der Waals surface area contributed by atoms with Crippen LogP contribution in [-0.2, 0) is 0 Å². The number of aromatic nitrogens is 1. The molecule has 17 heavy (non-hydrogen) atoms. The van der Waals surface area contributed by atoms with Crippen molar-refractivity contribution in [3.63, 3.8) is 0 Å². The molecule has 0 radical (unpaired) electrons. The molecule has 0 aliphatic carbocycles. The average Bonchev–Trinajstić information content (AvgIpc) is 2.36. The van der Waals surface area contributed by atoms with E-state index < -0.39 is 0 Å². The predicted octanol–water partition coefficient (Wildman–Crippen LogP) is 3.46. The maximum Gasteiger partial charge on any atom is 0.127 e. The normalized spacial score (nSPS) is 12.2. The Kier molecular flexibility index (Phi) is 6.86. The van der Waals surface area contributed by atoms with E-state index in [1.807, 2.05) is 24.0 Å². The average molecular weight is 253 g/mol. The van der Waals surface area contributed by atoms with Crippen molar-refractivity contribution in [2.24, 2.45) is 0 Å². The Balaban J connectivity index is 2.37. The Bertz CT molecular complexity index is 317. The Morgan fingerprint density at radius 1 is 1.35 bits per heavy atom. The Morgan fingerprint density at radius 3 is 2.88 bits per heavy atom. The van der Waals surface area contributed by atoms with Gasteiger partial charge < -0.3 is 10.6 Å². The molecule has 4 heteroatoms. The number of thioether (sulfide) groups is 1. The van der Waals surface area contributed by atoms with Crippen LogP contribution in [0.1, 0.15) is 26.7 Å². The lowest BCUT2D eigenvalue weighted by atomic mass is 10.3. The summed E-state index contributed by atoms with van der Waals surface area (Å²) in [6.45, 7) is 6.39. The van der Waals surface area contributed by atoms with Crippen LogP contribution in [-0.4, -0.2) is 29.6 Å². The van der Waals surface area contributed by atoms with Crippen molar-refractivity contribution in [3.05, 3.63) is 18.3 Å². The van der Waals surface area contributed by atoms with E-state index in [-0.39, 0.29) is 0 Å². The third-order valence-corrected chi connectivity index (χ3v) is 3.64. The number of pyridine rings is 1. The molecule has 1 heterocycles. The van der Waals surface area contributed by atoms with Gasteiger partial charge in [0.2, 0.25) is 0 Å². The second-order valence-electron chi connectivity index (χ2n) is 4.12. The summed E-state index contributed by atoms with van der Waals surface area (Å²) >= 11 is 1.91. The molecular weight excluding hydrogens is 230 g/mol. The summed E-state index contributed by atoms with van der Waals surface area (Å²) in [7, 11) is 0. The Labute approximate surface area is 109 Å². The molecule has 1 aromatic rings. The summed E-state index contributed by atoms with van der Waals surface area (Å²) < 4.78 is 0. The summed E-state index contributed by atoms with van der Waals surface area (Å²) in [5.41, 5.74) is 1.15. The SMILES string of the molecule is CCCNc1cc(NCCC(C)SC)ccn1. The smallest absolute Gasteiger partial charge is 0.127 e. The fourth-order valence-electron chi connectivity index (χ4n) is 1.43. The van der Waals surface area contributed by atoms with Crippen molar-refractivity contribution in [3.8, 4) is 0 Å². The van der Waals surface area contributed by atoms with Gasteiger partial charge in [0.25, 0.3) is 0 Å².